The van der Waals surface area contributed by atoms with E-state index in [1.54, 1.807) is 22.6 Å². The lowest BCUT2D eigenvalue weighted by Crippen LogP contribution is -2.45. The third-order valence-corrected chi connectivity index (χ3v) is 7.12. The minimum absolute atomic E-state index is 0.0947. The number of hydrogen-bond donors (Lipinski definition) is 3. The number of unbranched alkanes of at least 4 members (excludes halogenated alkanes) is 1. The molecule has 1 spiro atoms. The molecule has 1 heterocycles. The third kappa shape index (κ3) is 5.56. The Morgan fingerprint density at radius 3 is 2.56 bits per heavy atom. The zero-order chi connectivity index (χ0) is 23.4. The molecule has 2 saturated carbocycles. The SMILES string of the molecule is CCCCC(CC(=O)NO)C(=O)C1(C(=O)Nc2cnn(CCN(C)C)c2)CCC2(CC2)C1. The van der Waals surface area contributed by atoms with Gasteiger partial charge in [0, 0.05) is 25.1 Å². The Kier molecular flexibility index (Phi) is 7.71. The molecule has 0 aromatic carbocycles. The van der Waals surface area contributed by atoms with E-state index in [2.05, 4.69) is 15.3 Å². The second kappa shape index (κ2) is 10.1. The second-order valence-corrected chi connectivity index (χ2v) is 9.95. The number of nitrogens with zero attached hydrogens (tertiary/aromatic N) is 3. The fourth-order valence-corrected chi connectivity index (χ4v) is 4.96. The van der Waals surface area contributed by atoms with Gasteiger partial charge >= 0.3 is 0 Å². The maximum atomic E-state index is 13.8. The van der Waals surface area contributed by atoms with Crippen LogP contribution < -0.4 is 10.8 Å². The molecule has 3 rings (SSSR count). The van der Waals surface area contributed by atoms with Gasteiger partial charge in [-0.15, -0.1) is 0 Å². The van der Waals surface area contributed by atoms with Gasteiger partial charge in [0.05, 0.1) is 18.4 Å². The summed E-state index contributed by atoms with van der Waals surface area (Å²) in [5.41, 5.74) is 1.19. The summed E-state index contributed by atoms with van der Waals surface area (Å²) in [5.74, 6) is -1.61. The number of aromatic nitrogens is 2. The van der Waals surface area contributed by atoms with Gasteiger partial charge in [0.25, 0.3) is 0 Å². The van der Waals surface area contributed by atoms with Crippen LogP contribution in [-0.2, 0) is 20.9 Å². The number of hydroxylamine groups is 1. The van der Waals surface area contributed by atoms with Crippen LogP contribution in [0.3, 0.4) is 0 Å². The van der Waals surface area contributed by atoms with Gasteiger partial charge in [-0.3, -0.25) is 24.3 Å². The number of amides is 2. The number of ketones is 1. The zero-order valence-corrected chi connectivity index (χ0v) is 19.5. The predicted octanol–water partition coefficient (Wildman–Crippen LogP) is 2.60. The minimum Gasteiger partial charge on any atom is -0.323 e. The summed E-state index contributed by atoms with van der Waals surface area (Å²) in [6, 6.07) is 0. The normalized spacial score (nSPS) is 22.2. The largest absolute Gasteiger partial charge is 0.323 e. The first kappa shape index (κ1) is 24.4. The Balaban J connectivity index is 1.79. The van der Waals surface area contributed by atoms with E-state index in [0.29, 0.717) is 31.5 Å². The number of nitrogens with one attached hydrogen (secondary N) is 2. The fourth-order valence-electron chi connectivity index (χ4n) is 4.96. The van der Waals surface area contributed by atoms with Gasteiger partial charge in [-0.2, -0.15) is 5.10 Å². The first-order valence-electron chi connectivity index (χ1n) is 11.7. The van der Waals surface area contributed by atoms with Crippen LogP contribution in [-0.4, -0.2) is 58.1 Å². The topological polar surface area (TPSA) is 117 Å². The van der Waals surface area contributed by atoms with E-state index in [4.69, 9.17) is 5.21 Å². The van der Waals surface area contributed by atoms with Gasteiger partial charge < -0.3 is 10.2 Å². The van der Waals surface area contributed by atoms with Crippen molar-refractivity contribution in [2.24, 2.45) is 16.7 Å². The second-order valence-electron chi connectivity index (χ2n) is 9.95. The molecule has 2 atom stereocenters. The monoisotopic (exact) mass is 447 g/mol. The summed E-state index contributed by atoms with van der Waals surface area (Å²) in [4.78, 5) is 41.3. The van der Waals surface area contributed by atoms with Crippen LogP contribution in [0.5, 0.6) is 0 Å². The van der Waals surface area contributed by atoms with Gasteiger partial charge in [-0.25, -0.2) is 5.48 Å². The average molecular weight is 448 g/mol. The molecule has 178 valence electrons. The van der Waals surface area contributed by atoms with Crippen LogP contribution in [0, 0.1) is 16.7 Å². The molecular weight excluding hydrogens is 410 g/mol. The summed E-state index contributed by atoms with van der Waals surface area (Å²) in [6.07, 6.45) is 9.53. The van der Waals surface area contributed by atoms with Crippen molar-refractivity contribution in [2.45, 2.75) is 71.3 Å². The first-order chi connectivity index (χ1) is 15.2. The van der Waals surface area contributed by atoms with Crippen molar-refractivity contribution in [2.75, 3.05) is 26.0 Å². The Labute approximate surface area is 189 Å². The summed E-state index contributed by atoms with van der Waals surface area (Å²) in [5, 5.41) is 16.3. The van der Waals surface area contributed by atoms with Crippen molar-refractivity contribution in [3.05, 3.63) is 12.4 Å². The first-order valence-corrected chi connectivity index (χ1v) is 11.7. The van der Waals surface area contributed by atoms with Crippen molar-refractivity contribution < 1.29 is 19.6 Å². The highest BCUT2D eigenvalue weighted by Gasteiger charge is 2.61. The average Bonchev–Trinajstić information content (AvgIpc) is 3.19. The smallest absolute Gasteiger partial charge is 0.244 e. The quantitative estimate of drug-likeness (QED) is 0.258. The van der Waals surface area contributed by atoms with E-state index in [1.165, 1.54) is 0 Å². The van der Waals surface area contributed by atoms with Gasteiger partial charge in [-0.1, -0.05) is 19.8 Å². The molecule has 2 aliphatic carbocycles. The van der Waals surface area contributed by atoms with Gasteiger partial charge in [0.1, 0.15) is 5.41 Å². The lowest BCUT2D eigenvalue weighted by atomic mass is 9.72. The fraction of sp³-hybridized carbons (Fsp3) is 0.739. The molecule has 1 aromatic rings. The highest BCUT2D eigenvalue weighted by molar-refractivity contribution is 6.12. The Bertz CT molecular complexity index is 832. The number of carbonyl (C=O) groups is 3. The van der Waals surface area contributed by atoms with E-state index in [0.717, 1.165) is 38.6 Å². The summed E-state index contributed by atoms with van der Waals surface area (Å²) in [7, 11) is 3.97. The highest BCUT2D eigenvalue weighted by Crippen LogP contribution is 2.64. The Morgan fingerprint density at radius 2 is 1.97 bits per heavy atom. The summed E-state index contributed by atoms with van der Waals surface area (Å²) < 4.78 is 1.77. The molecule has 2 unspecified atom stereocenters. The molecule has 2 amide bonds. The molecule has 0 saturated heterocycles. The maximum Gasteiger partial charge on any atom is 0.244 e. The van der Waals surface area contributed by atoms with Crippen molar-refractivity contribution in [3.63, 3.8) is 0 Å². The molecule has 2 fully saturated rings. The molecule has 0 radical (unpaired) electrons. The minimum atomic E-state index is -1.13. The Morgan fingerprint density at radius 1 is 1.25 bits per heavy atom. The molecule has 1 aromatic heterocycles. The molecular formula is C23H37N5O4. The van der Waals surface area contributed by atoms with Crippen molar-refractivity contribution in [1.82, 2.24) is 20.2 Å². The van der Waals surface area contributed by atoms with Gasteiger partial charge in [0.2, 0.25) is 11.8 Å². The molecule has 2 aliphatic rings. The van der Waals surface area contributed by atoms with Crippen LogP contribution in [0.4, 0.5) is 5.69 Å². The van der Waals surface area contributed by atoms with Crippen LogP contribution in [0.15, 0.2) is 12.4 Å². The molecule has 0 bridgehead atoms. The van der Waals surface area contributed by atoms with Crippen LogP contribution in [0.25, 0.3) is 0 Å². The van der Waals surface area contributed by atoms with Crippen LogP contribution in [0.2, 0.25) is 0 Å². The van der Waals surface area contributed by atoms with Crippen LogP contribution in [0.1, 0.15) is 64.7 Å². The molecule has 9 nitrogen and oxygen atoms in total. The summed E-state index contributed by atoms with van der Waals surface area (Å²) in [6.45, 7) is 3.55. The van der Waals surface area contributed by atoms with E-state index in [1.807, 2.05) is 21.0 Å². The number of rotatable bonds is 12. The number of likely N-dealkylation sites (N-methyl/N-ethyl adjacent to an activating group) is 1. The van der Waals surface area contributed by atoms with Crippen molar-refractivity contribution >= 4 is 23.3 Å². The maximum absolute atomic E-state index is 13.8. The standard InChI is InChI=1S/C23H37N5O4/c1-4-5-6-17(13-19(29)26-32)20(30)23(10-9-22(16-23)7-8-22)21(31)25-18-14-24-28(15-18)12-11-27(2)3/h14-15,17,32H,4-13,16H2,1-3H3,(H,25,31)(H,26,29). The Hall–Kier alpha value is -2.26. The number of hydrogen-bond acceptors (Lipinski definition) is 6. The molecule has 3 N–H and O–H groups in total. The van der Waals surface area contributed by atoms with E-state index in [9.17, 15) is 14.4 Å². The molecule has 0 aliphatic heterocycles. The van der Waals surface area contributed by atoms with Gasteiger partial charge in [0.15, 0.2) is 5.78 Å². The third-order valence-electron chi connectivity index (χ3n) is 7.12. The lowest BCUT2D eigenvalue weighted by Gasteiger charge is -2.30. The van der Waals surface area contributed by atoms with Crippen molar-refractivity contribution in [3.8, 4) is 0 Å². The van der Waals surface area contributed by atoms with E-state index in [-0.39, 0.29) is 23.5 Å². The van der Waals surface area contributed by atoms with Crippen LogP contribution >= 0.6 is 0 Å². The number of Topliss-reactive ketones (excluding diaryl/α,β-unsaturated/α-hetero) is 1. The lowest BCUT2D eigenvalue weighted by molar-refractivity contribution is -0.144. The number of anilines is 1. The van der Waals surface area contributed by atoms with E-state index < -0.39 is 17.2 Å². The molecule has 32 heavy (non-hydrogen) atoms. The van der Waals surface area contributed by atoms with Crippen molar-refractivity contribution in [1.29, 1.82) is 0 Å². The van der Waals surface area contributed by atoms with E-state index >= 15 is 0 Å². The summed E-state index contributed by atoms with van der Waals surface area (Å²) >= 11 is 0. The zero-order valence-electron chi connectivity index (χ0n) is 19.5. The highest BCUT2D eigenvalue weighted by atomic mass is 16.5. The number of carbonyl (C=O) groups excluding carboxylic acids is 3. The predicted molar refractivity (Wildman–Crippen MR) is 120 cm³/mol. The molecule has 9 heteroatoms. The van der Waals surface area contributed by atoms with Gasteiger partial charge in [-0.05, 0) is 58.0 Å².